The Morgan fingerprint density at radius 3 is 2.61 bits per heavy atom. The first-order valence-corrected chi connectivity index (χ1v) is 11.8. The molecule has 1 amide bonds. The number of carbonyl (C=O) groups excluding carboxylic acids is 1. The van der Waals surface area contributed by atoms with Crippen molar-refractivity contribution in [3.63, 3.8) is 0 Å². The Morgan fingerprint density at radius 1 is 1.23 bits per heavy atom. The Bertz CT molecular complexity index is 1210. The van der Waals surface area contributed by atoms with Gasteiger partial charge in [0, 0.05) is 37.1 Å². The maximum absolute atomic E-state index is 12.7. The molecule has 1 aromatic carbocycles. The van der Waals surface area contributed by atoms with Crippen LogP contribution in [0.5, 0.6) is 0 Å². The molecule has 4 rings (SSSR count). The summed E-state index contributed by atoms with van der Waals surface area (Å²) in [5, 5.41) is 7.42. The van der Waals surface area contributed by atoms with Gasteiger partial charge in [0.05, 0.1) is 17.9 Å². The molecule has 9 nitrogen and oxygen atoms in total. The highest BCUT2D eigenvalue weighted by molar-refractivity contribution is 7.92. The molecule has 0 unspecified atom stereocenters. The van der Waals surface area contributed by atoms with Crippen molar-refractivity contribution < 1.29 is 13.2 Å². The van der Waals surface area contributed by atoms with E-state index in [-0.39, 0.29) is 24.4 Å². The number of nitrogens with one attached hydrogen (secondary N) is 1. The van der Waals surface area contributed by atoms with Crippen molar-refractivity contribution >= 4 is 21.6 Å². The lowest BCUT2D eigenvalue weighted by atomic mass is 9.98. The third-order valence-corrected chi connectivity index (χ3v) is 6.40. The van der Waals surface area contributed by atoms with E-state index in [1.54, 1.807) is 41.6 Å². The van der Waals surface area contributed by atoms with Crippen LogP contribution >= 0.6 is 0 Å². The summed E-state index contributed by atoms with van der Waals surface area (Å²) in [6, 6.07) is 8.86. The first-order valence-electron chi connectivity index (χ1n) is 9.94. The maximum Gasteiger partial charge on any atom is 0.251 e. The molecule has 0 saturated carbocycles. The molecular weight excluding hydrogens is 416 g/mol. The number of pyridine rings is 1. The van der Waals surface area contributed by atoms with E-state index in [0.717, 1.165) is 11.1 Å². The van der Waals surface area contributed by atoms with Crippen LogP contribution in [0.3, 0.4) is 0 Å². The molecule has 1 aliphatic rings. The molecule has 3 aromatic rings. The van der Waals surface area contributed by atoms with Gasteiger partial charge in [0.1, 0.15) is 6.33 Å². The quantitative estimate of drug-likeness (QED) is 0.629. The van der Waals surface area contributed by atoms with Crippen molar-refractivity contribution in [3.05, 3.63) is 71.6 Å². The van der Waals surface area contributed by atoms with Gasteiger partial charge >= 0.3 is 0 Å². The Labute approximate surface area is 181 Å². The van der Waals surface area contributed by atoms with Crippen LogP contribution in [0, 0.1) is 0 Å². The van der Waals surface area contributed by atoms with Gasteiger partial charge in [-0.3, -0.25) is 18.8 Å². The van der Waals surface area contributed by atoms with E-state index in [1.165, 1.54) is 10.6 Å². The molecule has 31 heavy (non-hydrogen) atoms. The van der Waals surface area contributed by atoms with Gasteiger partial charge in [-0.05, 0) is 55.3 Å². The lowest BCUT2D eigenvalue weighted by Gasteiger charge is -2.16. The normalized spacial score (nSPS) is 15.9. The van der Waals surface area contributed by atoms with Crippen molar-refractivity contribution in [2.24, 2.45) is 0 Å². The van der Waals surface area contributed by atoms with Gasteiger partial charge in [0.2, 0.25) is 10.0 Å². The standard InChI is InChI=1S/C21H24N6O3S/c1-14(2)26-13-24-20(25-26)18-12-27(31(3,29)30)19-5-4-16(10-17(18)19)21(28)23-11-15-6-8-22-9-7-15/h4-10,13-14,18H,11-12H2,1-3H3,(H,23,28)/t18-/m1/s1. The van der Waals surface area contributed by atoms with Crippen LogP contribution in [0.25, 0.3) is 0 Å². The molecule has 162 valence electrons. The van der Waals surface area contributed by atoms with Gasteiger partial charge in [-0.15, -0.1) is 0 Å². The van der Waals surface area contributed by atoms with E-state index in [1.807, 2.05) is 26.0 Å². The van der Waals surface area contributed by atoms with Gasteiger partial charge in [-0.2, -0.15) is 5.10 Å². The highest BCUT2D eigenvalue weighted by Crippen LogP contribution is 2.40. The van der Waals surface area contributed by atoms with Crippen molar-refractivity contribution in [1.82, 2.24) is 25.1 Å². The lowest BCUT2D eigenvalue weighted by molar-refractivity contribution is 0.0951. The molecule has 10 heteroatoms. The number of aromatic nitrogens is 4. The Kier molecular flexibility index (Phi) is 5.48. The fourth-order valence-corrected chi connectivity index (χ4v) is 4.52. The van der Waals surface area contributed by atoms with Crippen molar-refractivity contribution in [2.75, 3.05) is 17.1 Å². The molecule has 0 bridgehead atoms. The van der Waals surface area contributed by atoms with E-state index < -0.39 is 10.0 Å². The SMILES string of the molecule is CC(C)n1cnc([C@@H]2CN(S(C)(=O)=O)c3ccc(C(=O)NCc4ccncc4)cc32)n1. The molecule has 0 spiro atoms. The van der Waals surface area contributed by atoms with E-state index in [4.69, 9.17) is 0 Å². The van der Waals surface area contributed by atoms with Crippen molar-refractivity contribution in [1.29, 1.82) is 0 Å². The van der Waals surface area contributed by atoms with Crippen LogP contribution in [-0.2, 0) is 16.6 Å². The summed E-state index contributed by atoms with van der Waals surface area (Å²) in [5.41, 5.74) is 2.67. The first kappa shape index (κ1) is 21.0. The molecule has 1 aliphatic heterocycles. The third-order valence-electron chi connectivity index (χ3n) is 5.25. The summed E-state index contributed by atoms with van der Waals surface area (Å²) >= 11 is 0. The zero-order valence-corrected chi connectivity index (χ0v) is 18.4. The molecule has 1 N–H and O–H groups in total. The van der Waals surface area contributed by atoms with Crippen LogP contribution in [0.4, 0.5) is 5.69 Å². The maximum atomic E-state index is 12.7. The smallest absolute Gasteiger partial charge is 0.251 e. The molecule has 0 saturated heterocycles. The number of hydrogen-bond acceptors (Lipinski definition) is 6. The Hall–Kier alpha value is -3.27. The van der Waals surface area contributed by atoms with Gasteiger partial charge in [0.25, 0.3) is 5.91 Å². The molecule has 0 fully saturated rings. The number of sulfonamides is 1. The molecule has 3 heterocycles. The van der Waals surface area contributed by atoms with Crippen LogP contribution in [-0.4, -0.2) is 46.9 Å². The topological polar surface area (TPSA) is 110 Å². The highest BCUT2D eigenvalue weighted by Gasteiger charge is 2.37. The summed E-state index contributed by atoms with van der Waals surface area (Å²) in [6.45, 7) is 4.57. The second-order valence-corrected chi connectivity index (χ2v) is 9.74. The molecular formula is C21H24N6O3S. The van der Waals surface area contributed by atoms with Crippen molar-refractivity contribution in [2.45, 2.75) is 32.4 Å². The van der Waals surface area contributed by atoms with Crippen molar-refractivity contribution in [3.8, 4) is 0 Å². The predicted octanol–water partition coefficient (Wildman–Crippen LogP) is 2.10. The number of hydrogen-bond donors (Lipinski definition) is 1. The lowest BCUT2D eigenvalue weighted by Crippen LogP contribution is -2.29. The summed E-state index contributed by atoms with van der Waals surface area (Å²) in [6.07, 6.45) is 6.16. The fourth-order valence-electron chi connectivity index (χ4n) is 3.58. The summed E-state index contributed by atoms with van der Waals surface area (Å²) in [5.74, 6) is -0.0510. The van der Waals surface area contributed by atoms with E-state index in [2.05, 4.69) is 20.4 Å². The van der Waals surface area contributed by atoms with Gasteiger partial charge in [-0.25, -0.2) is 13.4 Å². The Morgan fingerprint density at radius 2 is 1.97 bits per heavy atom. The number of carbonyl (C=O) groups is 1. The monoisotopic (exact) mass is 440 g/mol. The van der Waals surface area contributed by atoms with E-state index >= 15 is 0 Å². The minimum Gasteiger partial charge on any atom is -0.348 e. The van der Waals surface area contributed by atoms with Gasteiger partial charge in [0.15, 0.2) is 5.82 Å². The number of amides is 1. The summed E-state index contributed by atoms with van der Waals surface area (Å²) < 4.78 is 27.8. The van der Waals surface area contributed by atoms with Crippen LogP contribution in [0.2, 0.25) is 0 Å². The second kappa shape index (κ2) is 8.10. The van der Waals surface area contributed by atoms with E-state index in [9.17, 15) is 13.2 Å². The predicted molar refractivity (Wildman–Crippen MR) is 116 cm³/mol. The Balaban J connectivity index is 1.65. The average Bonchev–Trinajstić information content (AvgIpc) is 3.37. The highest BCUT2D eigenvalue weighted by atomic mass is 32.2. The van der Waals surface area contributed by atoms with Crippen LogP contribution in [0.15, 0.2) is 49.1 Å². The average molecular weight is 441 g/mol. The zero-order valence-electron chi connectivity index (χ0n) is 17.6. The van der Waals surface area contributed by atoms with Crippen LogP contribution < -0.4 is 9.62 Å². The first-order chi connectivity index (χ1) is 14.7. The summed E-state index contributed by atoms with van der Waals surface area (Å²) in [4.78, 5) is 21.1. The second-order valence-electron chi connectivity index (χ2n) is 7.83. The number of nitrogens with zero attached hydrogens (tertiary/aromatic N) is 5. The van der Waals surface area contributed by atoms with Gasteiger partial charge in [-0.1, -0.05) is 0 Å². The van der Waals surface area contributed by atoms with Gasteiger partial charge < -0.3 is 5.32 Å². The van der Waals surface area contributed by atoms with E-state index in [0.29, 0.717) is 23.6 Å². The fraction of sp³-hybridized carbons (Fsp3) is 0.333. The largest absolute Gasteiger partial charge is 0.348 e. The number of rotatable bonds is 6. The molecule has 2 aromatic heterocycles. The molecule has 0 aliphatic carbocycles. The molecule has 1 atom stereocenters. The number of benzene rings is 1. The minimum atomic E-state index is -3.48. The summed E-state index contributed by atoms with van der Waals surface area (Å²) in [7, 11) is -3.48. The minimum absolute atomic E-state index is 0.137. The number of fused-ring (bicyclic) bond motifs is 1. The molecule has 0 radical (unpaired) electrons. The zero-order chi connectivity index (χ0) is 22.2. The van der Waals surface area contributed by atoms with Crippen LogP contribution in [0.1, 0.15) is 53.1 Å². The number of anilines is 1. The third kappa shape index (κ3) is 4.29.